The summed E-state index contributed by atoms with van der Waals surface area (Å²) in [5, 5.41) is 8.07. The van der Waals surface area contributed by atoms with Crippen molar-refractivity contribution in [2.45, 2.75) is 47.2 Å². The van der Waals surface area contributed by atoms with Crippen molar-refractivity contribution in [3.05, 3.63) is 41.0 Å². The summed E-state index contributed by atoms with van der Waals surface area (Å²) in [6.07, 6.45) is 3.74. The minimum atomic E-state index is 0.384. The number of aryl methyl sites for hydroxylation is 2. The second-order valence-electron chi connectivity index (χ2n) is 5.24. The summed E-state index contributed by atoms with van der Waals surface area (Å²) in [6.45, 7) is 11.3. The smallest absolute Gasteiger partial charge is 0.0828 e. The molecule has 0 unspecified atom stereocenters. The van der Waals surface area contributed by atoms with Crippen LogP contribution in [-0.4, -0.2) is 14.8 Å². The van der Waals surface area contributed by atoms with Gasteiger partial charge in [0.15, 0.2) is 0 Å². The lowest BCUT2D eigenvalue weighted by atomic mass is 10.1. The van der Waals surface area contributed by atoms with Crippen LogP contribution in [0.3, 0.4) is 0 Å². The van der Waals surface area contributed by atoms with Crippen molar-refractivity contribution >= 4 is 5.69 Å². The molecule has 1 N–H and O–H groups in total. The quantitative estimate of drug-likeness (QED) is 0.914. The number of nitrogens with zero attached hydrogens (tertiary/aromatic N) is 3. The molecule has 0 aromatic carbocycles. The Labute approximate surface area is 114 Å². The first-order valence-corrected chi connectivity index (χ1v) is 6.69. The number of rotatable bonds is 4. The fourth-order valence-electron chi connectivity index (χ4n) is 2.29. The molecule has 0 aliphatic rings. The van der Waals surface area contributed by atoms with Gasteiger partial charge in [-0.3, -0.25) is 9.67 Å². The predicted molar refractivity (Wildman–Crippen MR) is 78.4 cm³/mol. The minimum absolute atomic E-state index is 0.384. The molecule has 2 heterocycles. The van der Waals surface area contributed by atoms with Gasteiger partial charge in [-0.1, -0.05) is 0 Å². The molecule has 4 heteroatoms. The second kappa shape index (κ2) is 5.43. The number of aromatic nitrogens is 3. The first-order valence-electron chi connectivity index (χ1n) is 6.69. The SMILES string of the molecule is Cc1ccncc1CNc1c(C)nn(C(C)C)c1C. The van der Waals surface area contributed by atoms with Gasteiger partial charge in [0.05, 0.1) is 17.1 Å². The third-order valence-electron chi connectivity index (χ3n) is 3.42. The van der Waals surface area contributed by atoms with E-state index in [-0.39, 0.29) is 0 Å². The summed E-state index contributed by atoms with van der Waals surface area (Å²) in [7, 11) is 0. The molecule has 2 aromatic rings. The molecule has 4 nitrogen and oxygen atoms in total. The van der Waals surface area contributed by atoms with Crippen molar-refractivity contribution in [1.82, 2.24) is 14.8 Å². The first-order chi connectivity index (χ1) is 9.00. The molecule has 0 atom stereocenters. The van der Waals surface area contributed by atoms with E-state index >= 15 is 0 Å². The Hall–Kier alpha value is -1.84. The van der Waals surface area contributed by atoms with E-state index in [0.29, 0.717) is 6.04 Å². The van der Waals surface area contributed by atoms with Crippen molar-refractivity contribution < 1.29 is 0 Å². The van der Waals surface area contributed by atoms with Crippen LogP contribution in [-0.2, 0) is 6.54 Å². The molecule has 0 bridgehead atoms. The fourth-order valence-corrected chi connectivity index (χ4v) is 2.29. The van der Waals surface area contributed by atoms with Gasteiger partial charge in [-0.05, 0) is 51.8 Å². The standard InChI is InChI=1S/C15H22N4/c1-10(2)19-13(5)15(12(4)18-19)17-9-14-8-16-7-6-11(14)3/h6-8,10,17H,9H2,1-5H3. The zero-order valence-electron chi connectivity index (χ0n) is 12.4. The van der Waals surface area contributed by atoms with E-state index in [0.717, 1.165) is 17.9 Å². The van der Waals surface area contributed by atoms with Gasteiger partial charge in [-0.2, -0.15) is 5.10 Å². The molecule has 0 spiro atoms. The van der Waals surface area contributed by atoms with Gasteiger partial charge in [0.2, 0.25) is 0 Å². The Bertz CT molecular complexity index is 570. The lowest BCUT2D eigenvalue weighted by molar-refractivity contribution is 0.516. The van der Waals surface area contributed by atoms with E-state index in [4.69, 9.17) is 0 Å². The van der Waals surface area contributed by atoms with Crippen molar-refractivity contribution in [3.8, 4) is 0 Å². The van der Waals surface area contributed by atoms with E-state index in [1.165, 1.54) is 16.8 Å². The Morgan fingerprint density at radius 2 is 2.00 bits per heavy atom. The molecule has 0 fully saturated rings. The molecule has 0 radical (unpaired) electrons. The lowest BCUT2D eigenvalue weighted by Gasteiger charge is -2.11. The van der Waals surface area contributed by atoms with Gasteiger partial charge in [0.1, 0.15) is 0 Å². The van der Waals surface area contributed by atoms with E-state index in [2.05, 4.69) is 47.8 Å². The fraction of sp³-hybridized carbons (Fsp3) is 0.467. The highest BCUT2D eigenvalue weighted by Gasteiger charge is 2.13. The maximum Gasteiger partial charge on any atom is 0.0828 e. The molecule has 19 heavy (non-hydrogen) atoms. The number of hydrogen-bond donors (Lipinski definition) is 1. The third kappa shape index (κ3) is 2.78. The maximum atomic E-state index is 4.58. The first kappa shape index (κ1) is 13.6. The van der Waals surface area contributed by atoms with Gasteiger partial charge in [0, 0.05) is 25.0 Å². The van der Waals surface area contributed by atoms with Crippen LogP contribution in [0, 0.1) is 20.8 Å². The van der Waals surface area contributed by atoms with E-state index in [1.54, 1.807) is 0 Å². The molecule has 102 valence electrons. The zero-order valence-corrected chi connectivity index (χ0v) is 12.4. The maximum absolute atomic E-state index is 4.58. The predicted octanol–water partition coefficient (Wildman–Crippen LogP) is 3.40. The van der Waals surface area contributed by atoms with Crippen molar-refractivity contribution in [2.75, 3.05) is 5.32 Å². The minimum Gasteiger partial charge on any atom is -0.378 e. The van der Waals surface area contributed by atoms with Crippen LogP contribution in [0.5, 0.6) is 0 Å². The average Bonchev–Trinajstić information content (AvgIpc) is 2.65. The van der Waals surface area contributed by atoms with Crippen LogP contribution in [0.4, 0.5) is 5.69 Å². The largest absolute Gasteiger partial charge is 0.378 e. The van der Waals surface area contributed by atoms with Crippen molar-refractivity contribution in [3.63, 3.8) is 0 Å². The molecule has 0 aliphatic carbocycles. The topological polar surface area (TPSA) is 42.7 Å². The number of anilines is 1. The number of hydrogen-bond acceptors (Lipinski definition) is 3. The average molecular weight is 258 g/mol. The molecule has 0 saturated heterocycles. The van der Waals surface area contributed by atoms with E-state index in [1.807, 2.05) is 25.4 Å². The molecule has 0 saturated carbocycles. The van der Waals surface area contributed by atoms with Crippen LogP contribution in [0.25, 0.3) is 0 Å². The summed E-state index contributed by atoms with van der Waals surface area (Å²) < 4.78 is 2.06. The molecule has 2 aromatic heterocycles. The molecule has 0 aliphatic heterocycles. The van der Waals surface area contributed by atoms with Crippen LogP contribution in [0.1, 0.15) is 42.4 Å². The summed E-state index contributed by atoms with van der Waals surface area (Å²) >= 11 is 0. The van der Waals surface area contributed by atoms with Gasteiger partial charge in [-0.25, -0.2) is 0 Å². The Balaban J connectivity index is 2.19. The van der Waals surface area contributed by atoms with Crippen LogP contribution in [0.2, 0.25) is 0 Å². The summed E-state index contributed by atoms with van der Waals surface area (Å²) in [6, 6.07) is 2.42. The van der Waals surface area contributed by atoms with Crippen molar-refractivity contribution in [2.24, 2.45) is 0 Å². The van der Waals surface area contributed by atoms with Gasteiger partial charge in [-0.15, -0.1) is 0 Å². The highest BCUT2D eigenvalue weighted by molar-refractivity contribution is 5.52. The second-order valence-corrected chi connectivity index (χ2v) is 5.24. The Morgan fingerprint density at radius 1 is 1.26 bits per heavy atom. The number of nitrogens with one attached hydrogen (secondary N) is 1. The highest BCUT2D eigenvalue weighted by atomic mass is 15.3. The van der Waals surface area contributed by atoms with Gasteiger partial charge in [0.25, 0.3) is 0 Å². The highest BCUT2D eigenvalue weighted by Crippen LogP contribution is 2.23. The summed E-state index contributed by atoms with van der Waals surface area (Å²) in [5.74, 6) is 0. The molecular weight excluding hydrogens is 236 g/mol. The Morgan fingerprint density at radius 3 is 2.58 bits per heavy atom. The van der Waals surface area contributed by atoms with Gasteiger partial charge >= 0.3 is 0 Å². The monoisotopic (exact) mass is 258 g/mol. The zero-order chi connectivity index (χ0) is 14.0. The van der Waals surface area contributed by atoms with E-state index in [9.17, 15) is 0 Å². The van der Waals surface area contributed by atoms with Crippen molar-refractivity contribution in [1.29, 1.82) is 0 Å². The number of pyridine rings is 1. The Kier molecular flexibility index (Phi) is 3.88. The van der Waals surface area contributed by atoms with Crippen LogP contribution < -0.4 is 5.32 Å². The van der Waals surface area contributed by atoms with Gasteiger partial charge < -0.3 is 5.32 Å². The van der Waals surface area contributed by atoms with Crippen LogP contribution >= 0.6 is 0 Å². The summed E-state index contributed by atoms with van der Waals surface area (Å²) in [4.78, 5) is 4.18. The van der Waals surface area contributed by atoms with Crippen LogP contribution in [0.15, 0.2) is 18.5 Å². The van der Waals surface area contributed by atoms with E-state index < -0.39 is 0 Å². The summed E-state index contributed by atoms with van der Waals surface area (Å²) in [5.41, 5.74) is 5.85. The lowest BCUT2D eigenvalue weighted by Crippen LogP contribution is -2.06. The molecule has 0 amide bonds. The molecular formula is C15H22N4. The third-order valence-corrected chi connectivity index (χ3v) is 3.42. The molecule has 2 rings (SSSR count). The normalized spacial score (nSPS) is 11.1.